The first-order valence-electron chi connectivity index (χ1n) is 6.50. The molecule has 2 fully saturated rings. The van der Waals surface area contributed by atoms with Crippen molar-refractivity contribution < 1.29 is 0 Å². The molecule has 2 rings (SSSR count). The first-order valence-corrected chi connectivity index (χ1v) is 7.55. The summed E-state index contributed by atoms with van der Waals surface area (Å²) in [7, 11) is 1.92. The quantitative estimate of drug-likeness (QED) is 0.818. The molecule has 2 saturated carbocycles. The van der Waals surface area contributed by atoms with E-state index in [0.29, 0.717) is 5.25 Å². The van der Waals surface area contributed by atoms with E-state index in [2.05, 4.69) is 23.1 Å². The van der Waals surface area contributed by atoms with Gasteiger partial charge >= 0.3 is 0 Å². The molecule has 0 radical (unpaired) electrons. The van der Waals surface area contributed by atoms with Gasteiger partial charge in [-0.2, -0.15) is 17.0 Å². The Balaban J connectivity index is 1.74. The molecule has 2 aliphatic carbocycles. The van der Waals surface area contributed by atoms with Crippen LogP contribution in [-0.2, 0) is 0 Å². The Morgan fingerprint density at radius 1 is 1.38 bits per heavy atom. The van der Waals surface area contributed by atoms with Crippen molar-refractivity contribution in [2.75, 3.05) is 12.8 Å². The van der Waals surface area contributed by atoms with E-state index >= 15 is 0 Å². The molecule has 1 N–H and O–H groups in total. The van der Waals surface area contributed by atoms with Crippen LogP contribution in [0.4, 0.5) is 0 Å². The minimum Gasteiger partial charge on any atom is -0.302 e. The second kappa shape index (κ2) is 5.42. The van der Waals surface area contributed by atoms with E-state index in [4.69, 9.17) is 0 Å². The average molecular weight is 238 g/mol. The fourth-order valence-electron chi connectivity index (χ4n) is 2.98. The summed E-state index contributed by atoms with van der Waals surface area (Å²) in [4.78, 5) is 0. The van der Waals surface area contributed by atoms with Gasteiger partial charge in [0.2, 0.25) is 0 Å². The van der Waals surface area contributed by atoms with Gasteiger partial charge in [0.15, 0.2) is 0 Å². The summed E-state index contributed by atoms with van der Waals surface area (Å²) in [6.07, 6.45) is 9.04. The number of thioether (sulfide) groups is 1. The molecule has 0 aliphatic heterocycles. The molecule has 0 spiro atoms. The Morgan fingerprint density at radius 2 is 2.12 bits per heavy atom. The van der Waals surface area contributed by atoms with E-state index in [1.54, 1.807) is 0 Å². The molecule has 2 unspecified atom stereocenters. The predicted octanol–water partition coefficient (Wildman–Crippen LogP) is 2.94. The lowest BCUT2D eigenvalue weighted by molar-refractivity contribution is 0.464. The zero-order valence-corrected chi connectivity index (χ0v) is 11.0. The van der Waals surface area contributed by atoms with Gasteiger partial charge < -0.3 is 5.32 Å². The minimum absolute atomic E-state index is 0.215. The first kappa shape index (κ1) is 12.3. The van der Waals surface area contributed by atoms with Gasteiger partial charge in [-0.25, -0.2) is 0 Å². The lowest BCUT2D eigenvalue weighted by atomic mass is 10.0. The van der Waals surface area contributed by atoms with Crippen molar-refractivity contribution in [2.24, 2.45) is 5.92 Å². The molecule has 16 heavy (non-hydrogen) atoms. The van der Waals surface area contributed by atoms with E-state index < -0.39 is 0 Å². The summed E-state index contributed by atoms with van der Waals surface area (Å²) < 4.78 is 0. The third-order valence-corrected chi connectivity index (χ3v) is 5.74. The molecule has 0 heterocycles. The third kappa shape index (κ3) is 2.73. The molecule has 3 heteroatoms. The molecule has 2 nitrogen and oxygen atoms in total. The third-order valence-electron chi connectivity index (χ3n) is 4.20. The number of hydrogen-bond donors (Lipinski definition) is 1. The standard InChI is InChI=1S/C13H22N2S/c1-15-13(10-14)7-6-12(8-13)16-9-11-4-2-3-5-11/h11-12,15H,2-9H2,1H3. The molecule has 0 saturated heterocycles. The summed E-state index contributed by atoms with van der Waals surface area (Å²) >= 11 is 2.12. The van der Waals surface area contributed by atoms with Crippen LogP contribution in [0.25, 0.3) is 0 Å². The molecule has 0 bridgehead atoms. The summed E-state index contributed by atoms with van der Waals surface area (Å²) in [5.41, 5.74) is -0.215. The maximum atomic E-state index is 9.19. The zero-order chi connectivity index (χ0) is 11.4. The van der Waals surface area contributed by atoms with Gasteiger partial charge in [-0.15, -0.1) is 0 Å². The molecule has 0 aromatic heterocycles. The van der Waals surface area contributed by atoms with E-state index in [0.717, 1.165) is 18.8 Å². The van der Waals surface area contributed by atoms with Gasteiger partial charge in [0.05, 0.1) is 6.07 Å². The van der Waals surface area contributed by atoms with Gasteiger partial charge in [-0.1, -0.05) is 12.8 Å². The Labute approximate surface area is 103 Å². The van der Waals surface area contributed by atoms with Crippen molar-refractivity contribution in [3.05, 3.63) is 0 Å². The van der Waals surface area contributed by atoms with E-state index in [1.165, 1.54) is 37.9 Å². The van der Waals surface area contributed by atoms with Crippen LogP contribution in [0.2, 0.25) is 0 Å². The van der Waals surface area contributed by atoms with Crippen LogP contribution < -0.4 is 5.32 Å². The van der Waals surface area contributed by atoms with Crippen LogP contribution in [0.1, 0.15) is 44.9 Å². The highest BCUT2D eigenvalue weighted by atomic mass is 32.2. The van der Waals surface area contributed by atoms with Gasteiger partial charge in [0.25, 0.3) is 0 Å². The largest absolute Gasteiger partial charge is 0.302 e. The fourth-order valence-corrected chi connectivity index (χ4v) is 4.54. The van der Waals surface area contributed by atoms with Crippen LogP contribution in [0.5, 0.6) is 0 Å². The number of nitrogens with one attached hydrogen (secondary N) is 1. The van der Waals surface area contributed by atoms with Crippen LogP contribution in [-0.4, -0.2) is 23.6 Å². The maximum absolute atomic E-state index is 9.19. The van der Waals surface area contributed by atoms with Crippen molar-refractivity contribution in [1.29, 1.82) is 5.26 Å². The normalized spacial score (nSPS) is 35.4. The van der Waals surface area contributed by atoms with Crippen LogP contribution >= 0.6 is 11.8 Å². The van der Waals surface area contributed by atoms with E-state index in [9.17, 15) is 5.26 Å². The number of hydrogen-bond acceptors (Lipinski definition) is 3. The maximum Gasteiger partial charge on any atom is 0.107 e. The van der Waals surface area contributed by atoms with Crippen molar-refractivity contribution in [3.63, 3.8) is 0 Å². The molecule has 0 aromatic rings. The van der Waals surface area contributed by atoms with Gasteiger partial charge in [-0.3, -0.25) is 0 Å². The molecule has 90 valence electrons. The number of nitriles is 1. The lowest BCUT2D eigenvalue weighted by Crippen LogP contribution is -2.38. The zero-order valence-electron chi connectivity index (χ0n) is 10.2. The van der Waals surface area contributed by atoms with Gasteiger partial charge in [-0.05, 0) is 50.8 Å². The molecule has 0 amide bonds. The van der Waals surface area contributed by atoms with Crippen LogP contribution in [0.3, 0.4) is 0 Å². The minimum atomic E-state index is -0.215. The lowest BCUT2D eigenvalue weighted by Gasteiger charge is -2.20. The molecule has 2 atom stereocenters. The molecular weight excluding hydrogens is 216 g/mol. The van der Waals surface area contributed by atoms with Crippen molar-refractivity contribution >= 4 is 11.8 Å². The van der Waals surface area contributed by atoms with Crippen molar-refractivity contribution in [3.8, 4) is 6.07 Å². The monoisotopic (exact) mass is 238 g/mol. The van der Waals surface area contributed by atoms with Crippen molar-refractivity contribution in [2.45, 2.75) is 55.7 Å². The summed E-state index contributed by atoms with van der Waals surface area (Å²) in [6, 6.07) is 2.46. The average Bonchev–Trinajstić information content (AvgIpc) is 2.96. The Kier molecular flexibility index (Phi) is 4.16. The van der Waals surface area contributed by atoms with E-state index in [-0.39, 0.29) is 5.54 Å². The highest BCUT2D eigenvalue weighted by molar-refractivity contribution is 7.99. The second-order valence-electron chi connectivity index (χ2n) is 5.29. The van der Waals surface area contributed by atoms with Gasteiger partial charge in [0, 0.05) is 5.25 Å². The van der Waals surface area contributed by atoms with Crippen molar-refractivity contribution in [1.82, 2.24) is 5.32 Å². The highest BCUT2D eigenvalue weighted by Gasteiger charge is 2.38. The smallest absolute Gasteiger partial charge is 0.107 e. The number of nitrogens with zero attached hydrogens (tertiary/aromatic N) is 1. The Bertz CT molecular complexity index is 268. The second-order valence-corrected chi connectivity index (χ2v) is 6.63. The highest BCUT2D eigenvalue weighted by Crippen LogP contribution is 2.39. The van der Waals surface area contributed by atoms with Gasteiger partial charge in [0.1, 0.15) is 5.54 Å². The summed E-state index contributed by atoms with van der Waals surface area (Å²) in [6.45, 7) is 0. The van der Waals surface area contributed by atoms with E-state index in [1.807, 2.05) is 7.05 Å². The summed E-state index contributed by atoms with van der Waals surface area (Å²) in [5, 5.41) is 13.1. The number of rotatable bonds is 4. The molecule has 2 aliphatic rings. The fraction of sp³-hybridized carbons (Fsp3) is 0.923. The van der Waals surface area contributed by atoms with Crippen LogP contribution in [0, 0.1) is 17.2 Å². The predicted molar refractivity (Wildman–Crippen MR) is 69.5 cm³/mol. The first-order chi connectivity index (χ1) is 7.78. The molecular formula is C13H22N2S. The SMILES string of the molecule is CNC1(C#N)CCC(SCC2CCCC2)C1. The summed E-state index contributed by atoms with van der Waals surface area (Å²) in [5.74, 6) is 2.30. The topological polar surface area (TPSA) is 35.8 Å². The molecule has 0 aromatic carbocycles. The Hall–Kier alpha value is -0.200. The Morgan fingerprint density at radius 3 is 2.69 bits per heavy atom. The van der Waals surface area contributed by atoms with Crippen LogP contribution in [0.15, 0.2) is 0 Å².